The molecule has 1 saturated carbocycles. The number of ether oxygens (including phenoxy) is 1. The molecule has 1 aliphatic carbocycles. The van der Waals surface area contributed by atoms with Crippen LogP contribution in [0.25, 0.3) is 0 Å². The van der Waals surface area contributed by atoms with Crippen LogP contribution in [0, 0.1) is 11.7 Å². The molecule has 4 heteroatoms. The van der Waals surface area contributed by atoms with Crippen molar-refractivity contribution in [2.24, 2.45) is 5.92 Å². The quantitative estimate of drug-likeness (QED) is 0.571. The molecule has 0 spiro atoms. The van der Waals surface area contributed by atoms with Gasteiger partial charge in [-0.15, -0.1) is 0 Å². The number of phenols is 1. The van der Waals surface area contributed by atoms with E-state index >= 15 is 4.39 Å². The van der Waals surface area contributed by atoms with Crippen molar-refractivity contribution in [3.63, 3.8) is 0 Å². The maximum absolute atomic E-state index is 15.3. The monoisotopic (exact) mass is 390 g/mol. The third-order valence-corrected chi connectivity index (χ3v) is 6.93. The van der Waals surface area contributed by atoms with E-state index in [1.54, 1.807) is 6.07 Å². The number of benzene rings is 1. The molecule has 0 bridgehead atoms. The highest BCUT2D eigenvalue weighted by atomic mass is 19.1. The van der Waals surface area contributed by atoms with Crippen LogP contribution in [0.2, 0.25) is 0 Å². The van der Waals surface area contributed by atoms with Gasteiger partial charge in [0.05, 0.1) is 0 Å². The lowest BCUT2D eigenvalue weighted by Crippen LogP contribution is -2.47. The molecule has 1 aliphatic heterocycles. The van der Waals surface area contributed by atoms with Gasteiger partial charge in [0.25, 0.3) is 0 Å². The van der Waals surface area contributed by atoms with E-state index in [0.29, 0.717) is 29.7 Å². The van der Waals surface area contributed by atoms with Crippen molar-refractivity contribution < 1.29 is 19.0 Å². The van der Waals surface area contributed by atoms with Gasteiger partial charge in [0, 0.05) is 35.8 Å². The molecule has 0 saturated heterocycles. The standard InChI is InChI=1S/C24H35FO3/c1-6-7-8-9-12-23(2,3)18-14-19-20(22(27)21(18)25)16-13-15(26)10-11-17(16)24(4,5)28-19/h14,16-17,27H,6-13H2,1-5H3/t16-,17-/m1/s1. The summed E-state index contributed by atoms with van der Waals surface area (Å²) in [7, 11) is 0. The van der Waals surface area contributed by atoms with E-state index in [9.17, 15) is 9.90 Å². The Morgan fingerprint density at radius 2 is 2.00 bits per heavy atom. The van der Waals surface area contributed by atoms with Crippen molar-refractivity contribution >= 4 is 5.78 Å². The van der Waals surface area contributed by atoms with Crippen molar-refractivity contribution in [2.75, 3.05) is 0 Å². The molecule has 0 aromatic heterocycles. The molecule has 1 aromatic carbocycles. The van der Waals surface area contributed by atoms with Crippen molar-refractivity contribution in [1.82, 2.24) is 0 Å². The number of fused-ring (bicyclic) bond motifs is 3. The second kappa shape index (κ2) is 7.68. The van der Waals surface area contributed by atoms with Gasteiger partial charge in [-0.25, -0.2) is 4.39 Å². The van der Waals surface area contributed by atoms with Crippen LogP contribution in [0.15, 0.2) is 6.07 Å². The molecule has 0 unspecified atom stereocenters. The molecule has 2 aliphatic rings. The summed E-state index contributed by atoms with van der Waals surface area (Å²) < 4.78 is 21.6. The van der Waals surface area contributed by atoms with E-state index in [4.69, 9.17) is 4.74 Å². The number of carbonyl (C=O) groups is 1. The summed E-state index contributed by atoms with van der Waals surface area (Å²) in [4.78, 5) is 12.1. The van der Waals surface area contributed by atoms with E-state index in [1.165, 1.54) is 12.8 Å². The predicted octanol–water partition coefficient (Wildman–Crippen LogP) is 6.40. The molecule has 1 heterocycles. The SMILES string of the molecule is CCCCCCC(C)(C)c1cc2c(c(O)c1F)[C@@H]1CC(=O)CC[C@H]1C(C)(C)O2. The lowest BCUT2D eigenvalue weighted by molar-refractivity contribution is -0.124. The average Bonchev–Trinajstić information content (AvgIpc) is 2.60. The minimum atomic E-state index is -0.542. The third-order valence-electron chi connectivity index (χ3n) is 6.93. The highest BCUT2D eigenvalue weighted by Gasteiger charge is 2.48. The van der Waals surface area contributed by atoms with Crippen molar-refractivity contribution in [3.8, 4) is 11.5 Å². The molecule has 2 atom stereocenters. The van der Waals surface area contributed by atoms with Gasteiger partial charge >= 0.3 is 0 Å². The molecule has 0 radical (unpaired) electrons. The first-order chi connectivity index (χ1) is 13.1. The summed E-state index contributed by atoms with van der Waals surface area (Å²) in [6.45, 7) is 10.3. The van der Waals surface area contributed by atoms with Gasteiger partial charge in [-0.2, -0.15) is 0 Å². The third kappa shape index (κ3) is 3.79. The maximum Gasteiger partial charge on any atom is 0.169 e. The smallest absolute Gasteiger partial charge is 0.169 e. The number of rotatable bonds is 6. The maximum atomic E-state index is 15.3. The Bertz CT molecular complexity index is 751. The Balaban J connectivity index is 2.00. The summed E-state index contributed by atoms with van der Waals surface area (Å²) in [6.07, 6.45) is 6.99. The molecule has 3 rings (SSSR count). The van der Waals surface area contributed by atoms with Crippen LogP contribution in [0.1, 0.15) is 103 Å². The number of aromatic hydroxyl groups is 1. The number of hydrogen-bond donors (Lipinski definition) is 1. The summed E-state index contributed by atoms with van der Waals surface area (Å²) >= 11 is 0. The first kappa shape index (κ1) is 21.1. The van der Waals surface area contributed by atoms with Crippen LogP contribution in [-0.4, -0.2) is 16.5 Å². The van der Waals surface area contributed by atoms with Crippen molar-refractivity contribution in [2.45, 2.75) is 103 Å². The van der Waals surface area contributed by atoms with Crippen LogP contribution in [0.4, 0.5) is 4.39 Å². The first-order valence-electron chi connectivity index (χ1n) is 10.8. The topological polar surface area (TPSA) is 46.5 Å². The summed E-state index contributed by atoms with van der Waals surface area (Å²) in [5.41, 5.74) is 0.180. The van der Waals surface area contributed by atoms with Crippen LogP contribution in [0.5, 0.6) is 11.5 Å². The lowest BCUT2D eigenvalue weighted by atomic mass is 9.65. The zero-order chi connectivity index (χ0) is 20.7. The zero-order valence-corrected chi connectivity index (χ0v) is 18.0. The molecular weight excluding hydrogens is 355 g/mol. The molecular formula is C24H35FO3. The molecule has 1 fully saturated rings. The van der Waals surface area contributed by atoms with E-state index in [2.05, 4.69) is 6.92 Å². The fourth-order valence-corrected chi connectivity index (χ4v) is 5.20. The predicted molar refractivity (Wildman–Crippen MR) is 110 cm³/mol. The molecule has 1 aromatic rings. The Morgan fingerprint density at radius 1 is 1.29 bits per heavy atom. The fraction of sp³-hybridized carbons (Fsp3) is 0.708. The number of ketones is 1. The Kier molecular flexibility index (Phi) is 5.80. The van der Waals surface area contributed by atoms with Gasteiger partial charge < -0.3 is 9.84 Å². The second-order valence-corrected chi connectivity index (χ2v) is 9.89. The molecule has 0 amide bonds. The highest BCUT2D eigenvalue weighted by Crippen LogP contribution is 2.55. The molecule has 3 nitrogen and oxygen atoms in total. The van der Waals surface area contributed by atoms with Gasteiger partial charge in [0.2, 0.25) is 0 Å². The molecule has 1 N–H and O–H groups in total. The second-order valence-electron chi connectivity index (χ2n) is 9.89. The van der Waals surface area contributed by atoms with Gasteiger partial charge in [0.15, 0.2) is 11.6 Å². The van der Waals surface area contributed by atoms with Gasteiger partial charge in [-0.1, -0.05) is 46.5 Å². The van der Waals surface area contributed by atoms with E-state index in [1.807, 2.05) is 27.7 Å². The van der Waals surface area contributed by atoms with Crippen molar-refractivity contribution in [1.29, 1.82) is 0 Å². The number of hydrogen-bond acceptors (Lipinski definition) is 3. The fourth-order valence-electron chi connectivity index (χ4n) is 5.20. The molecule has 28 heavy (non-hydrogen) atoms. The minimum absolute atomic E-state index is 0.107. The number of unbranched alkanes of at least 4 members (excludes halogenated alkanes) is 3. The summed E-state index contributed by atoms with van der Waals surface area (Å²) in [5.74, 6) is -0.178. The number of halogens is 1. The Morgan fingerprint density at radius 3 is 2.68 bits per heavy atom. The summed E-state index contributed by atoms with van der Waals surface area (Å²) in [5, 5.41) is 10.8. The van der Waals surface area contributed by atoms with E-state index in [-0.39, 0.29) is 23.4 Å². The average molecular weight is 391 g/mol. The van der Waals surface area contributed by atoms with Crippen molar-refractivity contribution in [3.05, 3.63) is 23.0 Å². The normalized spacial score (nSPS) is 23.7. The van der Waals surface area contributed by atoms with Gasteiger partial charge in [-0.05, 0) is 38.2 Å². The van der Waals surface area contributed by atoms with Crippen LogP contribution in [-0.2, 0) is 10.2 Å². The number of Topliss-reactive ketones (excluding diaryl/α,β-unsaturated/α-hetero) is 1. The van der Waals surface area contributed by atoms with Gasteiger partial charge in [-0.3, -0.25) is 4.79 Å². The number of phenolic OH excluding ortho intramolecular Hbond substituents is 1. The first-order valence-corrected chi connectivity index (χ1v) is 10.8. The van der Waals surface area contributed by atoms with Crippen LogP contribution < -0.4 is 4.74 Å². The highest BCUT2D eigenvalue weighted by molar-refractivity contribution is 5.81. The Hall–Kier alpha value is -1.58. The van der Waals surface area contributed by atoms with Crippen LogP contribution in [0.3, 0.4) is 0 Å². The Labute approximate surface area is 168 Å². The van der Waals surface area contributed by atoms with E-state index < -0.39 is 16.8 Å². The largest absolute Gasteiger partial charge is 0.505 e. The summed E-state index contributed by atoms with van der Waals surface area (Å²) in [6, 6.07) is 1.79. The lowest BCUT2D eigenvalue weighted by Gasteiger charge is -2.47. The number of carbonyl (C=O) groups excluding carboxylic acids is 1. The van der Waals surface area contributed by atoms with Gasteiger partial charge in [0.1, 0.15) is 17.1 Å². The zero-order valence-electron chi connectivity index (χ0n) is 18.0. The molecule has 156 valence electrons. The van der Waals surface area contributed by atoms with Crippen LogP contribution >= 0.6 is 0 Å². The van der Waals surface area contributed by atoms with E-state index in [0.717, 1.165) is 25.7 Å². The minimum Gasteiger partial charge on any atom is -0.505 e.